The number of urea groups is 1. The van der Waals surface area contributed by atoms with Gasteiger partial charge >= 0.3 is 12.2 Å². The lowest BCUT2D eigenvalue weighted by Gasteiger charge is -2.43. The minimum Gasteiger partial charge on any atom is -0.369 e. The molecule has 2 aliphatic heterocycles. The molecule has 0 bridgehead atoms. The summed E-state index contributed by atoms with van der Waals surface area (Å²) in [5.74, 6) is 0.137. The summed E-state index contributed by atoms with van der Waals surface area (Å²) < 4.78 is 57.2. The lowest BCUT2D eigenvalue weighted by atomic mass is 9.99. The summed E-state index contributed by atoms with van der Waals surface area (Å²) in [4.78, 5) is 18.8. The van der Waals surface area contributed by atoms with E-state index in [1.54, 1.807) is 35.0 Å². The monoisotopic (exact) mass is 515 g/mol. The third-order valence-electron chi connectivity index (χ3n) is 7.28. The van der Waals surface area contributed by atoms with Gasteiger partial charge < -0.3 is 9.80 Å². The van der Waals surface area contributed by atoms with Crippen molar-refractivity contribution in [3.05, 3.63) is 76.7 Å². The molecule has 2 aromatic carbocycles. The number of rotatable bonds is 5. The second-order valence-corrected chi connectivity index (χ2v) is 9.62. The van der Waals surface area contributed by atoms with Gasteiger partial charge in [-0.25, -0.2) is 9.18 Å². The van der Waals surface area contributed by atoms with E-state index >= 15 is 0 Å². The predicted octanol–water partition coefficient (Wildman–Crippen LogP) is 5.75. The Morgan fingerprint density at radius 2 is 1.73 bits per heavy atom. The maximum Gasteiger partial charge on any atom is 0.416 e. The number of piperidine rings is 1. The molecule has 37 heavy (non-hydrogen) atoms. The molecule has 2 aliphatic rings. The van der Waals surface area contributed by atoms with Gasteiger partial charge in [0.2, 0.25) is 0 Å². The van der Waals surface area contributed by atoms with Crippen LogP contribution in [0.4, 0.5) is 33.9 Å². The number of alkyl halides is 3. The number of aromatic nitrogens is 2. The molecule has 0 spiro atoms. The van der Waals surface area contributed by atoms with Crippen molar-refractivity contribution in [2.45, 2.75) is 51.5 Å². The zero-order valence-electron chi connectivity index (χ0n) is 20.8. The third-order valence-corrected chi connectivity index (χ3v) is 7.28. The molecule has 0 unspecified atom stereocenters. The van der Waals surface area contributed by atoms with Gasteiger partial charge in [-0.2, -0.15) is 18.3 Å². The molecule has 0 radical (unpaired) electrons. The Hall–Kier alpha value is -3.56. The van der Waals surface area contributed by atoms with Crippen LogP contribution in [-0.4, -0.2) is 39.8 Å². The van der Waals surface area contributed by atoms with Gasteiger partial charge in [0.25, 0.3) is 0 Å². The van der Waals surface area contributed by atoms with Crippen LogP contribution in [0.25, 0.3) is 0 Å². The molecule has 0 N–H and O–H groups in total. The minimum atomic E-state index is -4.53. The average Bonchev–Trinajstić information content (AvgIpc) is 3.25. The first-order chi connectivity index (χ1) is 17.7. The number of para-hydroxylation sites is 1. The Labute approximate surface area is 213 Å². The number of anilines is 2. The summed E-state index contributed by atoms with van der Waals surface area (Å²) in [5, 5.41) is 4.40. The van der Waals surface area contributed by atoms with E-state index < -0.39 is 11.7 Å². The summed E-state index contributed by atoms with van der Waals surface area (Å²) in [6.07, 6.45) is -0.744. The molecular weight excluding hydrogens is 486 g/mol. The second kappa shape index (κ2) is 9.72. The van der Waals surface area contributed by atoms with Crippen LogP contribution in [0, 0.1) is 5.82 Å². The Morgan fingerprint density at radius 3 is 2.43 bits per heavy atom. The van der Waals surface area contributed by atoms with Crippen LogP contribution < -0.4 is 9.80 Å². The summed E-state index contributed by atoms with van der Waals surface area (Å²) >= 11 is 0. The van der Waals surface area contributed by atoms with Crippen LogP contribution in [0.15, 0.2) is 48.7 Å². The maximum absolute atomic E-state index is 14.7. The van der Waals surface area contributed by atoms with E-state index in [9.17, 15) is 22.4 Å². The molecule has 1 aromatic heterocycles. The van der Waals surface area contributed by atoms with Gasteiger partial charge in [-0.1, -0.05) is 37.3 Å². The van der Waals surface area contributed by atoms with Crippen molar-refractivity contribution >= 4 is 17.5 Å². The molecule has 0 saturated carbocycles. The molecule has 1 saturated heterocycles. The van der Waals surface area contributed by atoms with Gasteiger partial charge in [-0.15, -0.1) is 0 Å². The van der Waals surface area contributed by atoms with E-state index in [1.807, 2.05) is 17.9 Å². The number of fused-ring (bicyclic) bond motifs is 1. The summed E-state index contributed by atoms with van der Waals surface area (Å²) in [6, 6.07) is 9.95. The molecule has 0 aliphatic carbocycles. The van der Waals surface area contributed by atoms with Crippen molar-refractivity contribution in [3.63, 3.8) is 0 Å². The normalized spacial score (nSPS) is 16.9. The van der Waals surface area contributed by atoms with Gasteiger partial charge in [0.05, 0.1) is 24.3 Å². The van der Waals surface area contributed by atoms with E-state index in [4.69, 9.17) is 0 Å². The number of nitrogens with zero attached hydrogens (tertiary/aromatic N) is 5. The first-order valence-corrected chi connectivity index (χ1v) is 12.5. The molecule has 0 atom stereocenters. The number of benzene rings is 2. The minimum absolute atomic E-state index is 0.0169. The third kappa shape index (κ3) is 4.76. The predicted molar refractivity (Wildman–Crippen MR) is 133 cm³/mol. The van der Waals surface area contributed by atoms with Crippen molar-refractivity contribution in [2.75, 3.05) is 22.9 Å². The highest BCUT2D eigenvalue weighted by atomic mass is 19.4. The standard InChI is InChI=1S/C27H29F4N5O/c1-3-18-8-6-10-23(28)24(18)34-13-11-21(12-14-34)35-17-20-15-33(2)32-25(20)36(26(35)37)16-19-7-4-5-9-22(19)27(29,30)31/h4-10,15,21H,3,11-14,16-17H2,1-2H3. The summed E-state index contributed by atoms with van der Waals surface area (Å²) in [5.41, 5.74) is 1.61. The van der Waals surface area contributed by atoms with E-state index in [0.717, 1.165) is 23.6 Å². The topological polar surface area (TPSA) is 44.6 Å². The molecule has 196 valence electrons. The van der Waals surface area contributed by atoms with Crippen LogP contribution in [-0.2, 0) is 32.7 Å². The van der Waals surface area contributed by atoms with E-state index in [2.05, 4.69) is 5.10 Å². The number of halogens is 4. The van der Waals surface area contributed by atoms with E-state index in [-0.39, 0.29) is 30.0 Å². The lowest BCUT2D eigenvalue weighted by Crippen LogP contribution is -2.54. The zero-order chi connectivity index (χ0) is 26.3. The maximum atomic E-state index is 14.7. The molecule has 2 amide bonds. The summed E-state index contributed by atoms with van der Waals surface area (Å²) in [6.45, 7) is 3.26. The number of carbonyl (C=O) groups is 1. The van der Waals surface area contributed by atoms with E-state index in [0.29, 0.717) is 44.0 Å². The van der Waals surface area contributed by atoms with Crippen LogP contribution in [0.5, 0.6) is 0 Å². The van der Waals surface area contributed by atoms with Gasteiger partial charge in [-0.05, 0) is 42.5 Å². The molecule has 3 aromatic rings. The first kappa shape index (κ1) is 25.1. The Bertz CT molecular complexity index is 1300. The molecule has 5 rings (SSSR count). The van der Waals surface area contributed by atoms with Gasteiger partial charge in [-0.3, -0.25) is 9.58 Å². The number of hydrogen-bond donors (Lipinski definition) is 0. The summed E-state index contributed by atoms with van der Waals surface area (Å²) in [7, 11) is 1.73. The molecule has 1 fully saturated rings. The van der Waals surface area contributed by atoms with Crippen molar-refractivity contribution in [3.8, 4) is 0 Å². The van der Waals surface area contributed by atoms with Gasteiger partial charge in [0, 0.05) is 37.9 Å². The second-order valence-electron chi connectivity index (χ2n) is 9.62. The Kier molecular flexibility index (Phi) is 6.59. The van der Waals surface area contributed by atoms with E-state index in [1.165, 1.54) is 23.1 Å². The van der Waals surface area contributed by atoms with Crippen molar-refractivity contribution in [1.29, 1.82) is 0 Å². The molecular formula is C27H29F4N5O. The van der Waals surface area contributed by atoms with Crippen LogP contribution >= 0.6 is 0 Å². The fourth-order valence-corrected chi connectivity index (χ4v) is 5.49. The SMILES string of the molecule is CCc1cccc(F)c1N1CCC(N2Cc3cn(C)nc3N(Cc3ccccc3C(F)(F)F)C2=O)CC1. The van der Waals surface area contributed by atoms with Crippen LogP contribution in [0.1, 0.15) is 42.0 Å². The first-order valence-electron chi connectivity index (χ1n) is 12.5. The molecule has 6 nitrogen and oxygen atoms in total. The van der Waals surface area contributed by atoms with Crippen molar-refractivity contribution in [2.24, 2.45) is 7.05 Å². The lowest BCUT2D eigenvalue weighted by molar-refractivity contribution is -0.138. The van der Waals surface area contributed by atoms with Crippen molar-refractivity contribution < 1.29 is 22.4 Å². The Morgan fingerprint density at radius 1 is 1.03 bits per heavy atom. The number of carbonyl (C=O) groups excluding carboxylic acids is 1. The quantitative estimate of drug-likeness (QED) is 0.407. The molecule has 3 heterocycles. The highest BCUT2D eigenvalue weighted by molar-refractivity contribution is 5.94. The number of amides is 2. The van der Waals surface area contributed by atoms with Crippen molar-refractivity contribution in [1.82, 2.24) is 14.7 Å². The smallest absolute Gasteiger partial charge is 0.369 e. The van der Waals surface area contributed by atoms with Gasteiger partial charge in [0.15, 0.2) is 5.82 Å². The van der Waals surface area contributed by atoms with Crippen LogP contribution in [0.2, 0.25) is 0 Å². The largest absolute Gasteiger partial charge is 0.416 e. The highest BCUT2D eigenvalue weighted by Gasteiger charge is 2.40. The average molecular weight is 516 g/mol. The fourth-order valence-electron chi connectivity index (χ4n) is 5.49. The molecule has 10 heteroatoms. The number of hydrogen-bond acceptors (Lipinski definition) is 3. The zero-order valence-corrected chi connectivity index (χ0v) is 20.8. The van der Waals surface area contributed by atoms with Crippen LogP contribution in [0.3, 0.4) is 0 Å². The van der Waals surface area contributed by atoms with Gasteiger partial charge in [0.1, 0.15) is 5.82 Å². The fraction of sp³-hybridized carbons (Fsp3) is 0.407. The highest BCUT2D eigenvalue weighted by Crippen LogP contribution is 2.37. The number of aryl methyl sites for hydroxylation is 2. The Balaban J connectivity index is 1.39.